The average molecular weight is 456 g/mol. The number of rotatable bonds is 6. The highest BCUT2D eigenvalue weighted by Crippen LogP contribution is 2.34. The summed E-state index contributed by atoms with van der Waals surface area (Å²) in [5.74, 6) is -0.602. The largest absolute Gasteiger partial charge is 0.421 e. The molecule has 2 aliphatic rings. The lowest BCUT2D eigenvalue weighted by Gasteiger charge is -2.17. The molecule has 0 unspecified atom stereocenters. The maximum atomic E-state index is 13.4. The highest BCUT2D eigenvalue weighted by atomic mass is 32.2. The van der Waals surface area contributed by atoms with Crippen LogP contribution in [0.2, 0.25) is 0 Å². The van der Waals surface area contributed by atoms with E-state index >= 15 is 0 Å². The molecule has 9 nitrogen and oxygen atoms in total. The topological polar surface area (TPSA) is 116 Å². The molecule has 0 spiro atoms. The van der Waals surface area contributed by atoms with Gasteiger partial charge in [-0.1, -0.05) is 0 Å². The predicted molar refractivity (Wildman–Crippen MR) is 108 cm³/mol. The first-order valence-corrected chi connectivity index (χ1v) is 11.1. The van der Waals surface area contributed by atoms with Crippen LogP contribution in [0, 0.1) is 0 Å². The van der Waals surface area contributed by atoms with Crippen LogP contribution in [-0.2, 0) is 27.4 Å². The van der Waals surface area contributed by atoms with Gasteiger partial charge in [-0.2, -0.15) is 18.2 Å². The molecule has 166 valence electrons. The maximum absolute atomic E-state index is 13.4. The number of carbonyl (C=O) groups excluding carboxylic acids is 1. The number of alkyl halides is 3. The zero-order valence-electron chi connectivity index (χ0n) is 16.2. The zero-order chi connectivity index (χ0) is 22.2. The molecule has 0 saturated carbocycles. The van der Waals surface area contributed by atoms with Crippen molar-refractivity contribution in [3.8, 4) is 0 Å². The third-order valence-electron chi connectivity index (χ3n) is 4.94. The molecular formula is C18H19F3N6O3S. The molecule has 1 aromatic heterocycles. The highest BCUT2D eigenvalue weighted by Gasteiger charge is 2.35. The lowest BCUT2D eigenvalue weighted by atomic mass is 10.1. The molecule has 13 heteroatoms. The van der Waals surface area contributed by atoms with Crippen molar-refractivity contribution in [1.29, 1.82) is 0 Å². The molecule has 0 bridgehead atoms. The Labute approximate surface area is 176 Å². The standard InChI is InChI=1S/C18H19F3N6O3S/c19-18(20,21)13-10-23-17(24-12-2-3-14-11(8-12)9-15(28)25-14)26-16(13)22-4-6-27-5-1-7-31(27,29)30/h2-3,8,10H,1,4-7,9H2,(H,25,28)(H2,22,23,24,26). The van der Waals surface area contributed by atoms with Crippen LogP contribution in [0.5, 0.6) is 0 Å². The molecule has 1 fully saturated rings. The van der Waals surface area contributed by atoms with Crippen molar-refractivity contribution in [2.45, 2.75) is 19.0 Å². The van der Waals surface area contributed by atoms with Gasteiger partial charge in [0, 0.05) is 37.2 Å². The first-order chi connectivity index (χ1) is 14.6. The second-order valence-electron chi connectivity index (χ2n) is 7.17. The quantitative estimate of drug-likeness (QED) is 0.610. The molecule has 3 N–H and O–H groups in total. The van der Waals surface area contributed by atoms with E-state index < -0.39 is 27.6 Å². The van der Waals surface area contributed by atoms with Gasteiger partial charge in [0.05, 0.1) is 12.2 Å². The Hall–Kier alpha value is -2.93. The van der Waals surface area contributed by atoms with E-state index in [4.69, 9.17) is 0 Å². The highest BCUT2D eigenvalue weighted by molar-refractivity contribution is 7.89. The number of anilines is 4. The number of aromatic nitrogens is 2. The van der Waals surface area contributed by atoms with Gasteiger partial charge >= 0.3 is 6.18 Å². The van der Waals surface area contributed by atoms with Crippen molar-refractivity contribution in [2.24, 2.45) is 0 Å². The fourth-order valence-electron chi connectivity index (χ4n) is 3.46. The van der Waals surface area contributed by atoms with E-state index in [-0.39, 0.29) is 37.1 Å². The van der Waals surface area contributed by atoms with Crippen LogP contribution in [0.3, 0.4) is 0 Å². The summed E-state index contributed by atoms with van der Waals surface area (Å²) in [6.45, 7) is 0.353. The van der Waals surface area contributed by atoms with E-state index in [2.05, 4.69) is 25.9 Å². The normalized spacial score (nSPS) is 18.0. The molecule has 0 aliphatic carbocycles. The number of nitrogens with zero attached hydrogens (tertiary/aromatic N) is 3. The average Bonchev–Trinajstić information content (AvgIpc) is 3.21. The molecule has 3 heterocycles. The molecule has 31 heavy (non-hydrogen) atoms. The number of nitrogens with one attached hydrogen (secondary N) is 3. The lowest BCUT2D eigenvalue weighted by Crippen LogP contribution is -2.31. The van der Waals surface area contributed by atoms with Crippen molar-refractivity contribution in [3.63, 3.8) is 0 Å². The second kappa shape index (κ2) is 7.96. The van der Waals surface area contributed by atoms with E-state index in [1.807, 2.05) is 0 Å². The molecule has 0 atom stereocenters. The summed E-state index contributed by atoms with van der Waals surface area (Å²) in [6.07, 6.45) is -3.30. The minimum absolute atomic E-state index is 0.0363. The fraction of sp³-hybridized carbons (Fsp3) is 0.389. The number of hydrogen-bond donors (Lipinski definition) is 3. The summed E-state index contributed by atoms with van der Waals surface area (Å²) >= 11 is 0. The zero-order valence-corrected chi connectivity index (χ0v) is 17.0. The third kappa shape index (κ3) is 4.71. The van der Waals surface area contributed by atoms with Crippen molar-refractivity contribution in [1.82, 2.24) is 14.3 Å². The molecular weight excluding hydrogens is 437 g/mol. The molecule has 1 aromatic carbocycles. The van der Waals surface area contributed by atoms with Crippen molar-refractivity contribution < 1.29 is 26.4 Å². The molecule has 4 rings (SSSR count). The van der Waals surface area contributed by atoms with Gasteiger partial charge in [0.1, 0.15) is 11.4 Å². The number of amides is 1. The van der Waals surface area contributed by atoms with E-state index in [1.54, 1.807) is 18.2 Å². The van der Waals surface area contributed by atoms with Crippen LogP contribution in [-0.4, -0.2) is 54.0 Å². The van der Waals surface area contributed by atoms with Gasteiger partial charge in [0.2, 0.25) is 21.9 Å². The Morgan fingerprint density at radius 2 is 2.06 bits per heavy atom. The first-order valence-electron chi connectivity index (χ1n) is 9.47. The first kappa shape index (κ1) is 21.3. The minimum Gasteiger partial charge on any atom is -0.368 e. The van der Waals surface area contributed by atoms with Crippen LogP contribution in [0.4, 0.5) is 36.3 Å². The van der Waals surface area contributed by atoms with E-state index in [9.17, 15) is 26.4 Å². The molecule has 1 saturated heterocycles. The Morgan fingerprint density at radius 1 is 1.26 bits per heavy atom. The summed E-state index contributed by atoms with van der Waals surface area (Å²) in [7, 11) is -3.34. The monoisotopic (exact) mass is 456 g/mol. The number of hydrogen-bond acceptors (Lipinski definition) is 7. The smallest absolute Gasteiger partial charge is 0.368 e. The fourth-order valence-corrected chi connectivity index (χ4v) is 4.99. The Balaban J connectivity index is 1.51. The van der Waals surface area contributed by atoms with Crippen molar-refractivity contribution in [2.75, 3.05) is 41.3 Å². The number of fused-ring (bicyclic) bond motifs is 1. The van der Waals surface area contributed by atoms with Gasteiger partial charge in [-0.15, -0.1) is 0 Å². The van der Waals surface area contributed by atoms with Crippen molar-refractivity contribution >= 4 is 39.1 Å². The SMILES string of the molecule is O=C1Cc2cc(Nc3ncc(C(F)(F)F)c(NCCN4CCCS4(=O)=O)n3)ccc2N1. The van der Waals surface area contributed by atoms with Crippen LogP contribution in [0.15, 0.2) is 24.4 Å². The van der Waals surface area contributed by atoms with Crippen LogP contribution in [0.25, 0.3) is 0 Å². The Bertz CT molecular complexity index is 1120. The predicted octanol–water partition coefficient (Wildman–Crippen LogP) is 2.18. The second-order valence-corrected chi connectivity index (χ2v) is 9.26. The summed E-state index contributed by atoms with van der Waals surface area (Å²) in [6, 6.07) is 5.03. The third-order valence-corrected chi connectivity index (χ3v) is 6.89. The summed E-state index contributed by atoms with van der Waals surface area (Å²) in [5, 5.41) is 8.12. The van der Waals surface area contributed by atoms with E-state index in [0.29, 0.717) is 30.5 Å². The van der Waals surface area contributed by atoms with Gasteiger partial charge in [-0.3, -0.25) is 4.79 Å². The number of halogens is 3. The van der Waals surface area contributed by atoms with E-state index in [1.165, 1.54) is 4.31 Å². The lowest BCUT2D eigenvalue weighted by molar-refractivity contribution is -0.137. The van der Waals surface area contributed by atoms with Gasteiger partial charge in [0.25, 0.3) is 0 Å². The molecule has 1 amide bonds. The molecule has 2 aliphatic heterocycles. The number of benzene rings is 1. The van der Waals surface area contributed by atoms with Crippen LogP contribution >= 0.6 is 0 Å². The van der Waals surface area contributed by atoms with Gasteiger partial charge in [0.15, 0.2) is 0 Å². The number of carbonyl (C=O) groups is 1. The van der Waals surface area contributed by atoms with Crippen molar-refractivity contribution in [3.05, 3.63) is 35.5 Å². The number of sulfonamides is 1. The molecule has 0 radical (unpaired) electrons. The van der Waals surface area contributed by atoms with Gasteiger partial charge in [-0.05, 0) is 30.2 Å². The van der Waals surface area contributed by atoms with E-state index in [0.717, 1.165) is 5.56 Å². The van der Waals surface area contributed by atoms with Crippen LogP contribution in [0.1, 0.15) is 17.5 Å². The minimum atomic E-state index is -4.68. The van der Waals surface area contributed by atoms with Gasteiger partial charge in [-0.25, -0.2) is 17.7 Å². The summed E-state index contributed by atoms with van der Waals surface area (Å²) in [5.41, 5.74) is 0.908. The summed E-state index contributed by atoms with van der Waals surface area (Å²) < 4.78 is 65.0. The van der Waals surface area contributed by atoms with Crippen LogP contribution < -0.4 is 16.0 Å². The molecule has 2 aromatic rings. The Morgan fingerprint density at radius 3 is 2.77 bits per heavy atom. The maximum Gasteiger partial charge on any atom is 0.421 e. The Kier molecular flexibility index (Phi) is 5.47. The summed E-state index contributed by atoms with van der Waals surface area (Å²) in [4.78, 5) is 19.2. The van der Waals surface area contributed by atoms with Gasteiger partial charge < -0.3 is 16.0 Å².